The van der Waals surface area contributed by atoms with Crippen LogP contribution in [-0.2, 0) is 5.04 Å². The molecular formula is C16H27ClSi. The lowest BCUT2D eigenvalue weighted by Crippen LogP contribution is -2.54. The first kappa shape index (κ1) is 15.8. The standard InChI is InChI=1S/C16H27ClSi/c1-13(2)15(3,4)18(7,17)16(5,6)14-11-9-8-10-12-14/h8-13H,1-7H3. The second-order valence-corrected chi connectivity index (χ2v) is 13.7. The predicted molar refractivity (Wildman–Crippen MR) is 85.8 cm³/mol. The first-order valence-electron chi connectivity index (χ1n) is 6.79. The van der Waals surface area contributed by atoms with Gasteiger partial charge in [-0.05, 0) is 21.6 Å². The van der Waals surface area contributed by atoms with Gasteiger partial charge < -0.3 is 0 Å². The molecule has 1 unspecified atom stereocenters. The van der Waals surface area contributed by atoms with Crippen molar-refractivity contribution in [3.63, 3.8) is 0 Å². The summed E-state index contributed by atoms with van der Waals surface area (Å²) < 4.78 is 0. The van der Waals surface area contributed by atoms with Gasteiger partial charge in [0.2, 0.25) is 0 Å². The van der Waals surface area contributed by atoms with Crippen molar-refractivity contribution in [3.8, 4) is 0 Å². The van der Waals surface area contributed by atoms with Crippen LogP contribution in [0.5, 0.6) is 0 Å². The second kappa shape index (κ2) is 5.01. The van der Waals surface area contributed by atoms with E-state index in [1.165, 1.54) is 5.56 Å². The Morgan fingerprint density at radius 3 is 1.83 bits per heavy atom. The van der Waals surface area contributed by atoms with E-state index in [4.69, 9.17) is 11.1 Å². The third-order valence-corrected chi connectivity index (χ3v) is 13.8. The van der Waals surface area contributed by atoms with Gasteiger partial charge >= 0.3 is 0 Å². The monoisotopic (exact) mass is 282 g/mol. The van der Waals surface area contributed by atoms with E-state index in [0.29, 0.717) is 5.92 Å². The van der Waals surface area contributed by atoms with E-state index < -0.39 is 7.38 Å². The summed E-state index contributed by atoms with van der Waals surface area (Å²) in [7, 11) is -1.99. The van der Waals surface area contributed by atoms with Crippen molar-refractivity contribution in [1.82, 2.24) is 0 Å². The minimum absolute atomic E-state index is 0.0591. The molecular weight excluding hydrogens is 256 g/mol. The fraction of sp³-hybridized carbons (Fsp3) is 0.625. The maximum Gasteiger partial charge on any atom is 0.169 e. The van der Waals surface area contributed by atoms with Crippen molar-refractivity contribution in [2.75, 3.05) is 0 Å². The molecule has 2 heteroatoms. The zero-order valence-electron chi connectivity index (χ0n) is 12.8. The third kappa shape index (κ3) is 2.40. The number of hydrogen-bond donors (Lipinski definition) is 0. The molecule has 0 aliphatic rings. The van der Waals surface area contributed by atoms with Gasteiger partial charge in [0, 0.05) is 0 Å². The number of rotatable bonds is 4. The van der Waals surface area contributed by atoms with Gasteiger partial charge in [-0.3, -0.25) is 0 Å². The summed E-state index contributed by atoms with van der Waals surface area (Å²) in [5.41, 5.74) is 1.36. The van der Waals surface area contributed by atoms with Crippen molar-refractivity contribution < 1.29 is 0 Å². The van der Waals surface area contributed by atoms with Crippen molar-refractivity contribution in [2.24, 2.45) is 5.92 Å². The molecule has 0 N–H and O–H groups in total. The van der Waals surface area contributed by atoms with Gasteiger partial charge in [-0.15, -0.1) is 0 Å². The van der Waals surface area contributed by atoms with Crippen molar-refractivity contribution in [3.05, 3.63) is 35.9 Å². The minimum Gasteiger partial charge on any atom is -0.166 e. The maximum absolute atomic E-state index is 7.19. The summed E-state index contributed by atoms with van der Waals surface area (Å²) in [4.78, 5) is 0. The van der Waals surface area contributed by atoms with Crippen molar-refractivity contribution >= 4 is 18.5 Å². The molecule has 1 rings (SSSR count). The summed E-state index contributed by atoms with van der Waals surface area (Å²) in [6.07, 6.45) is 0. The number of halogens is 1. The highest BCUT2D eigenvalue weighted by atomic mass is 35.6. The predicted octanol–water partition coefficient (Wildman–Crippen LogP) is 5.75. The first-order valence-corrected chi connectivity index (χ1v) is 10.3. The average Bonchev–Trinajstić information content (AvgIpc) is 2.29. The Kier molecular flexibility index (Phi) is 4.40. The van der Waals surface area contributed by atoms with Crippen LogP contribution in [0.1, 0.15) is 47.1 Å². The third-order valence-electron chi connectivity index (χ3n) is 5.32. The number of benzene rings is 1. The van der Waals surface area contributed by atoms with E-state index in [2.05, 4.69) is 78.4 Å². The molecule has 102 valence electrons. The molecule has 0 heterocycles. The molecule has 0 saturated heterocycles. The van der Waals surface area contributed by atoms with Gasteiger partial charge in [0.05, 0.1) is 0 Å². The molecule has 1 atom stereocenters. The SMILES string of the molecule is CC(C)C(C)(C)[Si](C)(Cl)C(C)(C)c1ccccc1. The van der Waals surface area contributed by atoms with Crippen LogP contribution in [0.2, 0.25) is 11.6 Å². The fourth-order valence-electron chi connectivity index (χ4n) is 2.47. The lowest BCUT2D eigenvalue weighted by molar-refractivity contribution is 0.445. The molecule has 0 saturated carbocycles. The molecule has 0 aliphatic carbocycles. The zero-order chi connectivity index (χ0) is 14.2. The highest BCUT2D eigenvalue weighted by Crippen LogP contribution is 2.54. The summed E-state index contributed by atoms with van der Waals surface area (Å²) in [6, 6.07) is 10.7. The van der Waals surface area contributed by atoms with E-state index >= 15 is 0 Å². The normalized spacial score (nSPS) is 16.7. The van der Waals surface area contributed by atoms with E-state index in [-0.39, 0.29) is 10.1 Å². The Hall–Kier alpha value is -0.273. The van der Waals surface area contributed by atoms with Crippen LogP contribution in [0, 0.1) is 5.92 Å². The van der Waals surface area contributed by atoms with Crippen LogP contribution in [0.15, 0.2) is 30.3 Å². The Balaban J connectivity index is 3.27. The summed E-state index contributed by atoms with van der Waals surface area (Å²) in [6.45, 7) is 16.2. The lowest BCUT2D eigenvalue weighted by Gasteiger charge is -2.50. The molecule has 18 heavy (non-hydrogen) atoms. The highest BCUT2D eigenvalue weighted by molar-refractivity contribution is 7.22. The number of hydrogen-bond acceptors (Lipinski definition) is 0. The van der Waals surface area contributed by atoms with Gasteiger partial charge in [-0.1, -0.05) is 78.4 Å². The molecule has 0 spiro atoms. The molecule has 0 amide bonds. The molecule has 0 radical (unpaired) electrons. The molecule has 0 aliphatic heterocycles. The Labute approximate surface area is 118 Å². The van der Waals surface area contributed by atoms with Crippen LogP contribution in [0.3, 0.4) is 0 Å². The topological polar surface area (TPSA) is 0 Å². The Bertz CT molecular complexity index is 391. The molecule has 1 aromatic carbocycles. The van der Waals surface area contributed by atoms with Crippen molar-refractivity contribution in [2.45, 2.75) is 58.2 Å². The zero-order valence-corrected chi connectivity index (χ0v) is 14.6. The minimum atomic E-state index is -1.99. The maximum atomic E-state index is 7.19. The van der Waals surface area contributed by atoms with Crippen LogP contribution >= 0.6 is 11.1 Å². The van der Waals surface area contributed by atoms with Gasteiger partial charge in [0.25, 0.3) is 0 Å². The summed E-state index contributed by atoms with van der Waals surface area (Å²) in [5, 5.41) is 0.248. The fourth-order valence-corrected chi connectivity index (χ4v) is 6.86. The quantitative estimate of drug-likeness (QED) is 0.487. The molecule has 0 aromatic heterocycles. The summed E-state index contributed by atoms with van der Waals surface area (Å²) >= 11 is 7.19. The largest absolute Gasteiger partial charge is 0.169 e. The van der Waals surface area contributed by atoms with Crippen LogP contribution < -0.4 is 0 Å². The Morgan fingerprint density at radius 1 is 1.00 bits per heavy atom. The first-order chi connectivity index (χ1) is 8.05. The highest BCUT2D eigenvalue weighted by Gasteiger charge is 2.54. The molecule has 0 fully saturated rings. The average molecular weight is 283 g/mol. The molecule has 0 bridgehead atoms. The van der Waals surface area contributed by atoms with Crippen molar-refractivity contribution in [1.29, 1.82) is 0 Å². The van der Waals surface area contributed by atoms with E-state index in [9.17, 15) is 0 Å². The van der Waals surface area contributed by atoms with Gasteiger partial charge in [0.15, 0.2) is 7.38 Å². The molecule has 1 aromatic rings. The lowest BCUT2D eigenvalue weighted by atomic mass is 9.98. The molecule has 0 nitrogen and oxygen atoms in total. The summed E-state index contributed by atoms with van der Waals surface area (Å²) in [5.74, 6) is 0.592. The second-order valence-electron chi connectivity index (χ2n) is 6.87. The Morgan fingerprint density at radius 2 is 1.44 bits per heavy atom. The van der Waals surface area contributed by atoms with Crippen LogP contribution in [-0.4, -0.2) is 7.38 Å². The van der Waals surface area contributed by atoms with E-state index in [1.807, 2.05) is 0 Å². The van der Waals surface area contributed by atoms with Crippen LogP contribution in [0.25, 0.3) is 0 Å². The van der Waals surface area contributed by atoms with Gasteiger partial charge in [-0.2, -0.15) is 11.1 Å². The van der Waals surface area contributed by atoms with Gasteiger partial charge in [0.1, 0.15) is 0 Å². The smallest absolute Gasteiger partial charge is 0.166 e. The van der Waals surface area contributed by atoms with E-state index in [0.717, 1.165) is 0 Å². The van der Waals surface area contributed by atoms with E-state index in [1.54, 1.807) is 0 Å². The van der Waals surface area contributed by atoms with Crippen LogP contribution in [0.4, 0.5) is 0 Å². The van der Waals surface area contributed by atoms with Gasteiger partial charge in [-0.25, -0.2) is 0 Å².